The van der Waals surface area contributed by atoms with Crippen molar-refractivity contribution >= 4 is 0 Å². The van der Waals surface area contributed by atoms with Crippen LogP contribution in [0, 0.1) is 17.2 Å². The molecule has 1 aromatic carbocycles. The third-order valence-electron chi connectivity index (χ3n) is 3.14. The lowest BCUT2D eigenvalue weighted by molar-refractivity contribution is 0.0140. The van der Waals surface area contributed by atoms with Crippen molar-refractivity contribution in [2.75, 3.05) is 6.54 Å². The van der Waals surface area contributed by atoms with Crippen LogP contribution in [-0.2, 0) is 6.54 Å². The summed E-state index contributed by atoms with van der Waals surface area (Å²) < 4.78 is 0. The van der Waals surface area contributed by atoms with Gasteiger partial charge in [-0.15, -0.1) is 0 Å². The fourth-order valence-electron chi connectivity index (χ4n) is 1.36. The molecular weight excluding hydrogens is 212 g/mol. The maximum atomic E-state index is 10.0. The fraction of sp³-hybridized carbons (Fsp3) is 0.500. The summed E-state index contributed by atoms with van der Waals surface area (Å²) in [6, 6.07) is 9.55. The molecule has 0 radical (unpaired) electrons. The molecule has 0 fully saturated rings. The van der Waals surface area contributed by atoms with Crippen LogP contribution >= 0.6 is 0 Å². The van der Waals surface area contributed by atoms with E-state index in [9.17, 15) is 5.11 Å². The summed E-state index contributed by atoms with van der Waals surface area (Å²) in [5.41, 5.74) is 1.10. The van der Waals surface area contributed by atoms with E-state index in [2.05, 4.69) is 11.4 Å². The average Bonchev–Trinajstić information content (AvgIpc) is 2.29. The lowest BCUT2D eigenvalue weighted by Crippen LogP contribution is -2.41. The van der Waals surface area contributed by atoms with E-state index in [-0.39, 0.29) is 5.92 Å². The normalized spacial score (nSPS) is 14.4. The standard InChI is InChI=1S/C14H20N2O/c1-11(2)14(3,17)10-16-9-13-6-4-12(8-15)5-7-13/h4-7,11,16-17H,9-10H2,1-3H3. The molecule has 0 heterocycles. The number of hydrogen-bond acceptors (Lipinski definition) is 3. The predicted molar refractivity (Wildman–Crippen MR) is 68.3 cm³/mol. The molecule has 1 aromatic rings. The van der Waals surface area contributed by atoms with Crippen molar-refractivity contribution in [3.63, 3.8) is 0 Å². The Morgan fingerprint density at radius 3 is 2.41 bits per heavy atom. The molecule has 1 unspecified atom stereocenters. The maximum Gasteiger partial charge on any atom is 0.0991 e. The Hall–Kier alpha value is -1.37. The van der Waals surface area contributed by atoms with Crippen LogP contribution in [0.5, 0.6) is 0 Å². The minimum Gasteiger partial charge on any atom is -0.389 e. The molecule has 1 rings (SSSR count). The highest BCUT2D eigenvalue weighted by Crippen LogP contribution is 2.14. The number of nitrogens with zero attached hydrogens (tertiary/aromatic N) is 1. The maximum absolute atomic E-state index is 10.0. The SMILES string of the molecule is CC(C)C(C)(O)CNCc1ccc(C#N)cc1. The smallest absolute Gasteiger partial charge is 0.0991 e. The zero-order valence-corrected chi connectivity index (χ0v) is 10.7. The summed E-state index contributed by atoms with van der Waals surface area (Å²) in [6.07, 6.45) is 0. The number of nitriles is 1. The second-order valence-corrected chi connectivity index (χ2v) is 4.92. The molecule has 0 amide bonds. The molecule has 92 valence electrons. The molecular formula is C14H20N2O. The second kappa shape index (κ2) is 5.81. The summed E-state index contributed by atoms with van der Waals surface area (Å²) in [5.74, 6) is 0.218. The molecule has 0 saturated heterocycles. The highest BCUT2D eigenvalue weighted by Gasteiger charge is 2.23. The van der Waals surface area contributed by atoms with Crippen LogP contribution in [0.25, 0.3) is 0 Å². The van der Waals surface area contributed by atoms with Crippen molar-refractivity contribution < 1.29 is 5.11 Å². The lowest BCUT2D eigenvalue weighted by atomic mass is 9.92. The van der Waals surface area contributed by atoms with Gasteiger partial charge in [-0.1, -0.05) is 26.0 Å². The Balaban J connectivity index is 2.44. The van der Waals surface area contributed by atoms with Crippen LogP contribution in [0.1, 0.15) is 31.9 Å². The van der Waals surface area contributed by atoms with E-state index in [0.29, 0.717) is 18.7 Å². The van der Waals surface area contributed by atoms with Crippen LogP contribution in [-0.4, -0.2) is 17.3 Å². The molecule has 0 spiro atoms. The topological polar surface area (TPSA) is 56.0 Å². The largest absolute Gasteiger partial charge is 0.389 e. The molecule has 3 nitrogen and oxygen atoms in total. The Labute approximate surface area is 103 Å². The van der Waals surface area contributed by atoms with E-state index in [1.807, 2.05) is 32.9 Å². The Kier molecular flexibility index (Phi) is 4.68. The van der Waals surface area contributed by atoms with E-state index in [1.165, 1.54) is 0 Å². The molecule has 3 heteroatoms. The minimum atomic E-state index is -0.688. The van der Waals surface area contributed by atoms with Gasteiger partial charge in [0.25, 0.3) is 0 Å². The Morgan fingerprint density at radius 2 is 1.94 bits per heavy atom. The van der Waals surface area contributed by atoms with Gasteiger partial charge in [0.2, 0.25) is 0 Å². The van der Waals surface area contributed by atoms with E-state index in [0.717, 1.165) is 5.56 Å². The first-order valence-corrected chi connectivity index (χ1v) is 5.88. The van der Waals surface area contributed by atoms with Gasteiger partial charge in [-0.25, -0.2) is 0 Å². The summed E-state index contributed by atoms with van der Waals surface area (Å²) in [4.78, 5) is 0. The fourth-order valence-corrected chi connectivity index (χ4v) is 1.36. The summed E-state index contributed by atoms with van der Waals surface area (Å²) in [7, 11) is 0. The highest BCUT2D eigenvalue weighted by atomic mass is 16.3. The van der Waals surface area contributed by atoms with Gasteiger partial charge in [0, 0.05) is 13.1 Å². The number of aliphatic hydroxyl groups is 1. The molecule has 0 aliphatic rings. The average molecular weight is 232 g/mol. The van der Waals surface area contributed by atoms with E-state index in [4.69, 9.17) is 5.26 Å². The van der Waals surface area contributed by atoms with Crippen molar-refractivity contribution in [2.45, 2.75) is 32.9 Å². The molecule has 1 atom stereocenters. The summed E-state index contributed by atoms with van der Waals surface area (Å²) >= 11 is 0. The van der Waals surface area contributed by atoms with Gasteiger partial charge in [-0.3, -0.25) is 0 Å². The number of rotatable bonds is 5. The van der Waals surface area contributed by atoms with E-state index in [1.54, 1.807) is 12.1 Å². The monoisotopic (exact) mass is 232 g/mol. The molecule has 0 aliphatic heterocycles. The number of benzene rings is 1. The molecule has 17 heavy (non-hydrogen) atoms. The Morgan fingerprint density at radius 1 is 1.35 bits per heavy atom. The first kappa shape index (κ1) is 13.7. The van der Waals surface area contributed by atoms with Gasteiger partial charge in [-0.05, 0) is 30.5 Å². The molecule has 0 bridgehead atoms. The predicted octanol–water partition coefficient (Wildman–Crippen LogP) is 2.05. The molecule has 0 saturated carbocycles. The van der Waals surface area contributed by atoms with Crippen LogP contribution in [0.3, 0.4) is 0 Å². The third kappa shape index (κ3) is 4.18. The van der Waals surface area contributed by atoms with Gasteiger partial charge in [-0.2, -0.15) is 5.26 Å². The van der Waals surface area contributed by atoms with Crippen molar-refractivity contribution in [2.24, 2.45) is 5.92 Å². The second-order valence-electron chi connectivity index (χ2n) is 4.92. The van der Waals surface area contributed by atoms with Gasteiger partial charge >= 0.3 is 0 Å². The zero-order valence-electron chi connectivity index (χ0n) is 10.7. The van der Waals surface area contributed by atoms with Crippen LogP contribution in [0.4, 0.5) is 0 Å². The highest BCUT2D eigenvalue weighted by molar-refractivity contribution is 5.31. The zero-order chi connectivity index (χ0) is 12.9. The van der Waals surface area contributed by atoms with Crippen molar-refractivity contribution in [1.29, 1.82) is 5.26 Å². The van der Waals surface area contributed by atoms with Crippen molar-refractivity contribution in [3.05, 3.63) is 35.4 Å². The van der Waals surface area contributed by atoms with Crippen molar-refractivity contribution in [3.8, 4) is 6.07 Å². The van der Waals surface area contributed by atoms with Gasteiger partial charge in [0.1, 0.15) is 0 Å². The van der Waals surface area contributed by atoms with Crippen LogP contribution in [0.2, 0.25) is 0 Å². The first-order valence-electron chi connectivity index (χ1n) is 5.88. The Bertz CT molecular complexity index is 388. The van der Waals surface area contributed by atoms with Gasteiger partial charge in [0.05, 0.1) is 17.2 Å². The molecule has 0 aromatic heterocycles. The quantitative estimate of drug-likeness (QED) is 0.817. The minimum absolute atomic E-state index is 0.218. The number of hydrogen-bond donors (Lipinski definition) is 2. The van der Waals surface area contributed by atoms with Gasteiger partial charge < -0.3 is 10.4 Å². The van der Waals surface area contributed by atoms with E-state index >= 15 is 0 Å². The molecule has 2 N–H and O–H groups in total. The molecule has 0 aliphatic carbocycles. The third-order valence-corrected chi connectivity index (χ3v) is 3.14. The van der Waals surface area contributed by atoms with Crippen LogP contribution in [0.15, 0.2) is 24.3 Å². The lowest BCUT2D eigenvalue weighted by Gasteiger charge is -2.28. The summed E-state index contributed by atoms with van der Waals surface area (Å²) in [5, 5.41) is 21.9. The van der Waals surface area contributed by atoms with Crippen molar-refractivity contribution in [1.82, 2.24) is 5.32 Å². The first-order chi connectivity index (χ1) is 7.95. The number of nitrogens with one attached hydrogen (secondary N) is 1. The van der Waals surface area contributed by atoms with E-state index < -0.39 is 5.60 Å². The van der Waals surface area contributed by atoms with Gasteiger partial charge in [0.15, 0.2) is 0 Å². The summed E-state index contributed by atoms with van der Waals surface area (Å²) in [6.45, 7) is 7.11. The van der Waals surface area contributed by atoms with Crippen LogP contribution < -0.4 is 5.32 Å².